The lowest BCUT2D eigenvalue weighted by Crippen LogP contribution is -2.59. The predicted molar refractivity (Wildman–Crippen MR) is 169 cm³/mol. The van der Waals surface area contributed by atoms with E-state index in [4.69, 9.17) is 10.5 Å². The highest BCUT2D eigenvalue weighted by Gasteiger charge is 2.50. The Morgan fingerprint density at radius 2 is 1.73 bits per heavy atom. The maximum Gasteiger partial charge on any atom is 0.258 e. The van der Waals surface area contributed by atoms with Crippen LogP contribution in [0.25, 0.3) is 0 Å². The minimum absolute atomic E-state index is 0.166. The second-order valence-electron chi connectivity index (χ2n) is 11.7. The standard InChI is InChI=1S/C33H38N4O6S/c1-33(2)30(31(41)36-28-22-13-7-6-12-21(22)17-25(28)38)37(19-44-33)32(42)29(40)24(16-20-10-4-3-5-11-20)35-27(39)18-43-26-15-9-8-14-23(26)34/h3-15,24-25,28-30,38,40H,16-19,34H2,1-2H3,(H,35,39)(H,36,41). The number of aliphatic hydroxyl groups excluding tert-OH is 2. The van der Waals surface area contributed by atoms with Crippen LogP contribution in [0, 0.1) is 0 Å². The number of thioether (sulfide) groups is 1. The lowest BCUT2D eigenvalue weighted by Gasteiger charge is -2.34. The Morgan fingerprint density at radius 3 is 2.48 bits per heavy atom. The third-order valence-corrected chi connectivity index (χ3v) is 9.51. The summed E-state index contributed by atoms with van der Waals surface area (Å²) in [7, 11) is 0. The topological polar surface area (TPSA) is 154 Å². The van der Waals surface area contributed by atoms with Crippen molar-refractivity contribution in [2.75, 3.05) is 18.2 Å². The molecule has 232 valence electrons. The monoisotopic (exact) mass is 618 g/mol. The van der Waals surface area contributed by atoms with Gasteiger partial charge in [-0.2, -0.15) is 0 Å². The van der Waals surface area contributed by atoms with Gasteiger partial charge >= 0.3 is 0 Å². The minimum Gasteiger partial charge on any atom is -0.482 e. The number of nitrogens with two attached hydrogens (primary N) is 1. The molecule has 0 saturated carbocycles. The number of nitrogens with one attached hydrogen (secondary N) is 2. The highest BCUT2D eigenvalue weighted by atomic mass is 32.2. The van der Waals surface area contributed by atoms with Crippen LogP contribution in [0.1, 0.15) is 36.6 Å². The maximum absolute atomic E-state index is 13.9. The van der Waals surface area contributed by atoms with E-state index in [1.807, 2.05) is 68.4 Å². The van der Waals surface area contributed by atoms with Crippen LogP contribution in [0.15, 0.2) is 78.9 Å². The molecule has 5 rings (SSSR count). The lowest BCUT2D eigenvalue weighted by atomic mass is 9.96. The van der Waals surface area contributed by atoms with Crippen molar-refractivity contribution in [1.82, 2.24) is 15.5 Å². The first-order valence-corrected chi connectivity index (χ1v) is 15.5. The van der Waals surface area contributed by atoms with Crippen LogP contribution >= 0.6 is 11.8 Å². The van der Waals surface area contributed by atoms with E-state index in [1.54, 1.807) is 24.3 Å². The van der Waals surface area contributed by atoms with Crippen molar-refractivity contribution >= 4 is 35.2 Å². The molecule has 0 aromatic heterocycles. The minimum atomic E-state index is -1.65. The number of para-hydroxylation sites is 2. The fourth-order valence-corrected chi connectivity index (χ4v) is 6.99. The van der Waals surface area contributed by atoms with Gasteiger partial charge in [-0.3, -0.25) is 14.4 Å². The molecule has 1 saturated heterocycles. The van der Waals surface area contributed by atoms with Crippen molar-refractivity contribution < 1.29 is 29.3 Å². The summed E-state index contributed by atoms with van der Waals surface area (Å²) in [6.45, 7) is 3.37. The van der Waals surface area contributed by atoms with Gasteiger partial charge < -0.3 is 36.2 Å². The molecule has 0 bridgehead atoms. The van der Waals surface area contributed by atoms with Crippen LogP contribution in [-0.4, -0.2) is 74.4 Å². The Bertz CT molecular complexity index is 1500. The number of aliphatic hydroxyl groups is 2. The molecule has 0 spiro atoms. The average Bonchev–Trinajstić information content (AvgIpc) is 3.50. The molecule has 3 amide bonds. The first-order chi connectivity index (χ1) is 21.0. The van der Waals surface area contributed by atoms with Crippen molar-refractivity contribution in [2.24, 2.45) is 0 Å². The zero-order chi connectivity index (χ0) is 31.4. The van der Waals surface area contributed by atoms with Crippen LogP contribution in [0.3, 0.4) is 0 Å². The van der Waals surface area contributed by atoms with Crippen LogP contribution in [-0.2, 0) is 27.2 Å². The smallest absolute Gasteiger partial charge is 0.258 e. The highest BCUT2D eigenvalue weighted by Crippen LogP contribution is 2.41. The van der Waals surface area contributed by atoms with Gasteiger partial charge in [0, 0.05) is 11.2 Å². The third-order valence-electron chi connectivity index (χ3n) is 8.14. The molecule has 0 radical (unpaired) electrons. The fraction of sp³-hybridized carbons (Fsp3) is 0.364. The van der Waals surface area contributed by atoms with Gasteiger partial charge in [0.1, 0.15) is 11.8 Å². The Labute approximate surface area is 261 Å². The van der Waals surface area contributed by atoms with Crippen LogP contribution < -0.4 is 21.1 Å². The average molecular weight is 619 g/mol. The van der Waals surface area contributed by atoms with Gasteiger partial charge in [-0.25, -0.2) is 0 Å². The third kappa shape index (κ3) is 6.85. The molecule has 3 aromatic rings. The van der Waals surface area contributed by atoms with Crippen molar-refractivity contribution in [3.8, 4) is 5.75 Å². The molecule has 1 fully saturated rings. The first kappa shape index (κ1) is 31.4. The molecule has 5 atom stereocenters. The molecule has 11 heteroatoms. The van der Waals surface area contributed by atoms with Gasteiger partial charge in [-0.1, -0.05) is 66.7 Å². The number of nitrogens with zero attached hydrogens (tertiary/aromatic N) is 1. The second-order valence-corrected chi connectivity index (χ2v) is 13.3. The molecule has 5 unspecified atom stereocenters. The van der Waals surface area contributed by atoms with Crippen molar-refractivity contribution in [3.05, 3.63) is 95.6 Å². The van der Waals surface area contributed by atoms with Crippen molar-refractivity contribution in [2.45, 2.75) is 61.8 Å². The molecule has 1 aliphatic carbocycles. The fourth-order valence-electron chi connectivity index (χ4n) is 5.85. The number of nitrogen functional groups attached to an aromatic ring is 1. The molecule has 10 nitrogen and oxygen atoms in total. The summed E-state index contributed by atoms with van der Waals surface area (Å²) >= 11 is 1.42. The molecule has 2 aliphatic rings. The summed E-state index contributed by atoms with van der Waals surface area (Å²) in [5, 5.41) is 27.9. The Morgan fingerprint density at radius 1 is 1.05 bits per heavy atom. The van der Waals surface area contributed by atoms with E-state index in [0.29, 0.717) is 17.9 Å². The molecule has 6 N–H and O–H groups in total. The van der Waals surface area contributed by atoms with Crippen LogP contribution in [0.2, 0.25) is 0 Å². The van der Waals surface area contributed by atoms with Crippen molar-refractivity contribution in [3.63, 3.8) is 0 Å². The number of amides is 3. The van der Waals surface area contributed by atoms with E-state index in [9.17, 15) is 24.6 Å². The van der Waals surface area contributed by atoms with E-state index in [1.165, 1.54) is 16.7 Å². The quantitative estimate of drug-likeness (QED) is 0.217. The molecule has 44 heavy (non-hydrogen) atoms. The SMILES string of the molecule is CC1(C)SCN(C(=O)C(O)C(Cc2ccccc2)NC(=O)COc2ccccc2N)C1C(=O)NC1c2ccccc2CC1O. The molecular weight excluding hydrogens is 580 g/mol. The van der Waals surface area contributed by atoms with E-state index >= 15 is 0 Å². The molecule has 1 heterocycles. The van der Waals surface area contributed by atoms with Gasteiger partial charge in [-0.05, 0) is 49.1 Å². The normalized spacial score (nSPS) is 21.6. The summed E-state index contributed by atoms with van der Waals surface area (Å²) in [6, 6.07) is 21.0. The number of rotatable bonds is 10. The molecular formula is C33H38N4O6S. The van der Waals surface area contributed by atoms with Crippen LogP contribution in [0.4, 0.5) is 5.69 Å². The lowest BCUT2D eigenvalue weighted by molar-refractivity contribution is -0.148. The maximum atomic E-state index is 13.9. The first-order valence-electron chi connectivity index (χ1n) is 14.5. The van der Waals surface area contributed by atoms with Gasteiger partial charge in [0.2, 0.25) is 5.91 Å². The number of fused-ring (bicyclic) bond motifs is 1. The number of carbonyl (C=O) groups is 3. The van der Waals surface area contributed by atoms with E-state index in [-0.39, 0.29) is 18.9 Å². The Kier molecular flexibility index (Phi) is 9.48. The Balaban J connectivity index is 1.32. The van der Waals surface area contributed by atoms with Gasteiger partial charge in [0.25, 0.3) is 11.8 Å². The summed E-state index contributed by atoms with van der Waals surface area (Å²) < 4.78 is 4.90. The van der Waals surface area contributed by atoms with E-state index in [2.05, 4.69) is 10.6 Å². The number of benzene rings is 3. The number of ether oxygens (including phenoxy) is 1. The number of carbonyl (C=O) groups excluding carboxylic acids is 3. The Hall–Kier alpha value is -4.06. The predicted octanol–water partition coefficient (Wildman–Crippen LogP) is 2.19. The zero-order valence-corrected chi connectivity index (χ0v) is 25.5. The summed E-state index contributed by atoms with van der Waals surface area (Å²) in [5.74, 6) is -1.11. The summed E-state index contributed by atoms with van der Waals surface area (Å²) in [6.07, 6.45) is -1.85. The number of anilines is 1. The van der Waals surface area contributed by atoms with E-state index in [0.717, 1.165) is 16.7 Å². The van der Waals surface area contributed by atoms with Gasteiger partial charge in [0.05, 0.1) is 29.8 Å². The van der Waals surface area contributed by atoms with Crippen LogP contribution in [0.5, 0.6) is 5.75 Å². The van der Waals surface area contributed by atoms with Gasteiger partial charge in [0.15, 0.2) is 12.7 Å². The zero-order valence-electron chi connectivity index (χ0n) is 24.7. The van der Waals surface area contributed by atoms with E-state index < -0.39 is 52.8 Å². The van der Waals surface area contributed by atoms with Gasteiger partial charge in [-0.15, -0.1) is 11.8 Å². The van der Waals surface area contributed by atoms with Crippen molar-refractivity contribution in [1.29, 1.82) is 0 Å². The molecule has 3 aromatic carbocycles. The summed E-state index contributed by atoms with van der Waals surface area (Å²) in [4.78, 5) is 42.0. The molecule has 1 aliphatic heterocycles. The highest BCUT2D eigenvalue weighted by molar-refractivity contribution is 8.00. The second kappa shape index (κ2) is 13.3. The number of hydrogen-bond acceptors (Lipinski definition) is 8. The summed E-state index contributed by atoms with van der Waals surface area (Å²) in [5.41, 5.74) is 8.91. The largest absolute Gasteiger partial charge is 0.482 e. The number of hydrogen-bond donors (Lipinski definition) is 5.